The van der Waals surface area contributed by atoms with E-state index >= 15 is 0 Å². The number of esters is 1. The van der Waals surface area contributed by atoms with Crippen LogP contribution >= 0.6 is 11.6 Å². The van der Waals surface area contributed by atoms with Gasteiger partial charge in [0.15, 0.2) is 8.32 Å². The third kappa shape index (κ3) is 10.3. The Morgan fingerprint density at radius 3 is 2.27 bits per heavy atom. The molecule has 1 N–H and O–H groups in total. The molecule has 0 aliphatic rings. The maximum atomic E-state index is 13.6. The summed E-state index contributed by atoms with van der Waals surface area (Å²) >= 11 is 6.40. The fraction of sp³-hybridized carbons (Fsp3) is 0.444. The van der Waals surface area contributed by atoms with E-state index < -0.39 is 20.0 Å². The molecule has 0 saturated heterocycles. The normalized spacial score (nSPS) is 12.8. The minimum absolute atomic E-state index is 0.0259. The molecule has 0 radical (unpaired) electrons. The largest absolute Gasteiger partial charge is 0.465 e. The number of aryl methyl sites for hydroxylation is 1. The van der Waals surface area contributed by atoms with Crippen LogP contribution in [0.2, 0.25) is 23.2 Å². The van der Waals surface area contributed by atoms with Crippen LogP contribution in [0.3, 0.4) is 0 Å². The van der Waals surface area contributed by atoms with Crippen LogP contribution < -0.4 is 5.32 Å². The Morgan fingerprint density at radius 2 is 1.64 bits per heavy atom. The van der Waals surface area contributed by atoms with Crippen LogP contribution in [0.5, 0.6) is 0 Å². The number of anilines is 1. The average Bonchev–Trinajstić information content (AvgIpc) is 2.94. The van der Waals surface area contributed by atoms with Crippen LogP contribution in [-0.2, 0) is 13.9 Å². The van der Waals surface area contributed by atoms with E-state index in [4.69, 9.17) is 25.5 Å². The summed E-state index contributed by atoms with van der Waals surface area (Å²) < 4.78 is 17.7. The summed E-state index contributed by atoms with van der Waals surface area (Å²) in [4.78, 5) is 27.4. The Labute approximate surface area is 275 Å². The van der Waals surface area contributed by atoms with E-state index in [1.165, 1.54) is 7.11 Å². The molecule has 1 amide bonds. The number of nitrogens with one attached hydrogen (secondary N) is 1. The number of benzene rings is 3. The molecule has 0 aromatic heterocycles. The molecule has 0 aliphatic carbocycles. The quantitative estimate of drug-likeness (QED) is 0.164. The Kier molecular flexibility index (Phi) is 11.9. The molecule has 0 saturated carbocycles. The molecule has 1 atom stereocenters. The lowest BCUT2D eigenvalue weighted by molar-refractivity contribution is 0.0165. The molecule has 3 aromatic carbocycles. The number of halogens is 1. The van der Waals surface area contributed by atoms with Crippen LogP contribution in [0.25, 0.3) is 11.1 Å². The van der Waals surface area contributed by atoms with Crippen molar-refractivity contribution in [1.82, 2.24) is 4.90 Å². The fourth-order valence-electron chi connectivity index (χ4n) is 4.54. The summed E-state index contributed by atoms with van der Waals surface area (Å²) in [5.74, 6) is -0.374. The summed E-state index contributed by atoms with van der Waals surface area (Å²) in [7, 11) is -0.845. The summed E-state index contributed by atoms with van der Waals surface area (Å²) in [5.41, 5.74) is 4.62. The first-order chi connectivity index (χ1) is 20.9. The lowest BCUT2D eigenvalue weighted by Gasteiger charge is -2.40. The van der Waals surface area contributed by atoms with Crippen molar-refractivity contribution in [1.29, 1.82) is 0 Å². The zero-order valence-corrected chi connectivity index (χ0v) is 30.2. The van der Waals surface area contributed by atoms with Crippen molar-refractivity contribution < 1.29 is 23.5 Å². The van der Waals surface area contributed by atoms with E-state index in [9.17, 15) is 9.59 Å². The number of carbonyl (C=O) groups excluding carboxylic acids is 2. The number of carbonyl (C=O) groups is 2. The highest BCUT2D eigenvalue weighted by atomic mass is 35.5. The number of hydrogen-bond donors (Lipinski definition) is 1. The van der Waals surface area contributed by atoms with Crippen molar-refractivity contribution in [2.45, 2.75) is 78.3 Å². The molecule has 0 spiro atoms. The predicted octanol–water partition coefficient (Wildman–Crippen LogP) is 9.51. The summed E-state index contributed by atoms with van der Waals surface area (Å²) in [6, 6.07) is 21.2. The number of amides is 1. The van der Waals surface area contributed by atoms with Gasteiger partial charge in [-0.25, -0.2) is 9.59 Å². The van der Waals surface area contributed by atoms with Gasteiger partial charge in [0.1, 0.15) is 5.60 Å². The van der Waals surface area contributed by atoms with Crippen LogP contribution in [0.4, 0.5) is 10.5 Å². The van der Waals surface area contributed by atoms with Crippen molar-refractivity contribution >= 4 is 37.7 Å². The monoisotopic (exact) mass is 652 g/mol. The first kappa shape index (κ1) is 36.1. The SMILES string of the molecule is COC(=O)c1ccc(C)c(-c2cccc(NCCN(C[C@H](O[Si](C)(C)C(C)(C)C)c3cccc(Cl)c3)C(=O)OC(C)(C)C)c2)c1. The van der Waals surface area contributed by atoms with Gasteiger partial charge in [-0.15, -0.1) is 0 Å². The van der Waals surface area contributed by atoms with Crippen molar-refractivity contribution in [2.75, 3.05) is 32.1 Å². The lowest BCUT2D eigenvalue weighted by Crippen LogP contribution is -2.46. The van der Waals surface area contributed by atoms with Gasteiger partial charge in [-0.1, -0.05) is 62.7 Å². The Balaban J connectivity index is 1.86. The Bertz CT molecular complexity index is 1480. The molecule has 244 valence electrons. The fourth-order valence-corrected chi connectivity index (χ4v) is 6.02. The smallest absolute Gasteiger partial charge is 0.410 e. The molecule has 3 rings (SSSR count). The molecule has 0 fully saturated rings. The van der Waals surface area contributed by atoms with Crippen molar-refractivity contribution in [3.63, 3.8) is 0 Å². The zero-order chi connectivity index (χ0) is 33.6. The predicted molar refractivity (Wildman–Crippen MR) is 187 cm³/mol. The number of nitrogens with zero attached hydrogens (tertiary/aromatic N) is 1. The van der Waals surface area contributed by atoms with E-state index in [0.29, 0.717) is 30.2 Å². The van der Waals surface area contributed by atoms with Gasteiger partial charge in [0, 0.05) is 23.8 Å². The molecule has 0 heterocycles. The average molecular weight is 653 g/mol. The van der Waals surface area contributed by atoms with Crippen LogP contribution in [0.1, 0.15) is 69.1 Å². The van der Waals surface area contributed by atoms with E-state index in [1.54, 1.807) is 11.0 Å². The van der Waals surface area contributed by atoms with Crippen LogP contribution in [0, 0.1) is 6.92 Å². The minimum Gasteiger partial charge on any atom is -0.465 e. The summed E-state index contributed by atoms with van der Waals surface area (Å²) in [5, 5.41) is 4.06. The second kappa shape index (κ2) is 14.8. The first-order valence-corrected chi connectivity index (χ1v) is 18.6. The van der Waals surface area contributed by atoms with Crippen molar-refractivity contribution in [2.24, 2.45) is 0 Å². The van der Waals surface area contributed by atoms with E-state index in [2.05, 4.69) is 39.2 Å². The van der Waals surface area contributed by atoms with Gasteiger partial charge in [-0.3, -0.25) is 0 Å². The zero-order valence-electron chi connectivity index (χ0n) is 28.4. The topological polar surface area (TPSA) is 77.1 Å². The molecule has 0 bridgehead atoms. The van der Waals surface area contributed by atoms with Gasteiger partial charge in [0.25, 0.3) is 0 Å². The highest BCUT2D eigenvalue weighted by molar-refractivity contribution is 6.74. The number of hydrogen-bond acceptors (Lipinski definition) is 6. The van der Waals surface area contributed by atoms with Crippen molar-refractivity contribution in [3.8, 4) is 11.1 Å². The van der Waals surface area contributed by atoms with E-state index in [1.807, 2.05) is 88.4 Å². The standard InChI is InChI=1S/C36H49ClN2O5Si/c1-25-17-18-28(33(40)42-8)23-31(25)26-13-12-16-30(22-26)38-19-20-39(34(41)43-35(2,3)4)24-32(27-14-11-15-29(37)21-27)44-45(9,10)36(5,6)7/h11-18,21-23,32,38H,19-20,24H2,1-10H3/t32-/m0/s1. The lowest BCUT2D eigenvalue weighted by atomic mass is 9.97. The Hall–Kier alpha value is -3.33. The third-order valence-electron chi connectivity index (χ3n) is 8.04. The molecule has 7 nitrogen and oxygen atoms in total. The number of rotatable bonds is 11. The van der Waals surface area contributed by atoms with Gasteiger partial charge >= 0.3 is 12.1 Å². The molecule has 0 unspecified atom stereocenters. The first-order valence-electron chi connectivity index (χ1n) is 15.3. The minimum atomic E-state index is -2.22. The van der Waals surface area contributed by atoms with Gasteiger partial charge in [-0.2, -0.15) is 0 Å². The van der Waals surface area contributed by atoms with E-state index in [-0.39, 0.29) is 17.1 Å². The molecular formula is C36H49ClN2O5Si. The van der Waals surface area contributed by atoms with Gasteiger partial charge in [0.05, 0.1) is 25.3 Å². The van der Waals surface area contributed by atoms with Gasteiger partial charge in [0.2, 0.25) is 0 Å². The number of methoxy groups -OCH3 is 1. The maximum absolute atomic E-state index is 13.6. The third-order valence-corrected chi connectivity index (χ3v) is 12.8. The molecule has 45 heavy (non-hydrogen) atoms. The van der Waals surface area contributed by atoms with E-state index in [0.717, 1.165) is 27.9 Å². The molecule has 3 aromatic rings. The summed E-state index contributed by atoms with van der Waals surface area (Å²) in [6.07, 6.45) is -0.787. The van der Waals surface area contributed by atoms with Gasteiger partial charge in [-0.05, 0) is 104 Å². The molecule has 9 heteroatoms. The molecule has 0 aliphatic heterocycles. The van der Waals surface area contributed by atoms with Crippen molar-refractivity contribution in [3.05, 3.63) is 88.4 Å². The van der Waals surface area contributed by atoms with Gasteiger partial charge < -0.3 is 24.1 Å². The second-order valence-electron chi connectivity index (χ2n) is 13.9. The second-order valence-corrected chi connectivity index (χ2v) is 19.1. The highest BCUT2D eigenvalue weighted by Gasteiger charge is 2.40. The summed E-state index contributed by atoms with van der Waals surface area (Å²) in [6.45, 7) is 19.8. The van der Waals surface area contributed by atoms with Crippen LogP contribution in [-0.4, -0.2) is 57.6 Å². The maximum Gasteiger partial charge on any atom is 0.410 e. The molecular weight excluding hydrogens is 604 g/mol. The highest BCUT2D eigenvalue weighted by Crippen LogP contribution is 2.40. The Morgan fingerprint density at radius 1 is 0.956 bits per heavy atom. The van der Waals surface area contributed by atoms with Crippen LogP contribution in [0.15, 0.2) is 66.7 Å². The number of ether oxygens (including phenoxy) is 2.